The Balaban J connectivity index is 1.77. The Bertz CT molecular complexity index is 681. The van der Waals surface area contributed by atoms with Crippen LogP contribution in [0.25, 0.3) is 11.3 Å². The molecule has 1 aliphatic heterocycles. The summed E-state index contributed by atoms with van der Waals surface area (Å²) in [6.45, 7) is 1.05. The number of nitrogens with zero attached hydrogens (tertiary/aromatic N) is 2. The number of aromatic nitrogens is 1. The van der Waals surface area contributed by atoms with Crippen LogP contribution >= 0.6 is 0 Å². The van der Waals surface area contributed by atoms with Crippen molar-refractivity contribution in [1.29, 1.82) is 0 Å². The highest BCUT2D eigenvalue weighted by Gasteiger charge is 2.29. The number of amides is 1. The van der Waals surface area contributed by atoms with E-state index >= 15 is 0 Å². The number of hydrogen-bond acceptors (Lipinski definition) is 5. The highest BCUT2D eigenvalue weighted by Crippen LogP contribution is 2.21. The van der Waals surface area contributed by atoms with Gasteiger partial charge in [-0.3, -0.25) is 9.59 Å². The highest BCUT2D eigenvalue weighted by atomic mass is 16.5. The second-order valence-electron chi connectivity index (χ2n) is 5.27. The molecule has 23 heavy (non-hydrogen) atoms. The number of hydrogen-bond donors (Lipinski definition) is 1. The van der Waals surface area contributed by atoms with E-state index in [1.807, 2.05) is 0 Å². The van der Waals surface area contributed by atoms with Gasteiger partial charge in [0.15, 0.2) is 12.2 Å². The van der Waals surface area contributed by atoms with Crippen LogP contribution in [0.1, 0.15) is 16.8 Å². The number of carboxylic acid groups (broad SMARTS) is 1. The van der Waals surface area contributed by atoms with E-state index in [2.05, 4.69) is 4.98 Å². The summed E-state index contributed by atoms with van der Waals surface area (Å²) >= 11 is 0. The Morgan fingerprint density at radius 3 is 2.74 bits per heavy atom. The topological polar surface area (TPSA) is 92.9 Å². The molecule has 1 amide bonds. The molecule has 1 saturated heterocycles. The maximum atomic E-state index is 12.6. The second-order valence-corrected chi connectivity index (χ2v) is 5.27. The molecule has 0 aliphatic carbocycles. The maximum Gasteiger partial charge on any atom is 0.305 e. The molecule has 1 atom stereocenters. The van der Waals surface area contributed by atoms with Gasteiger partial charge in [0.05, 0.1) is 31.9 Å². The van der Waals surface area contributed by atoms with Crippen molar-refractivity contribution in [3.05, 3.63) is 42.4 Å². The Kier molecular flexibility index (Phi) is 4.38. The number of rotatable bonds is 4. The largest absolute Gasteiger partial charge is 0.481 e. The lowest BCUT2D eigenvalue weighted by Crippen LogP contribution is -2.49. The summed E-state index contributed by atoms with van der Waals surface area (Å²) < 4.78 is 10.5. The maximum absolute atomic E-state index is 12.6. The molecule has 3 rings (SSSR count). The Morgan fingerprint density at radius 2 is 2.09 bits per heavy atom. The first-order chi connectivity index (χ1) is 11.1. The normalized spacial score (nSPS) is 17.9. The van der Waals surface area contributed by atoms with E-state index in [0.29, 0.717) is 24.5 Å². The number of morpholine rings is 1. The summed E-state index contributed by atoms with van der Waals surface area (Å²) in [5.41, 5.74) is 1.33. The lowest BCUT2D eigenvalue weighted by molar-refractivity contribution is -0.139. The van der Waals surface area contributed by atoms with E-state index in [-0.39, 0.29) is 18.9 Å². The number of carboxylic acids is 1. The third-order valence-electron chi connectivity index (χ3n) is 3.75. The van der Waals surface area contributed by atoms with Crippen molar-refractivity contribution >= 4 is 11.9 Å². The van der Waals surface area contributed by atoms with Gasteiger partial charge in [0.25, 0.3) is 5.91 Å². The van der Waals surface area contributed by atoms with E-state index < -0.39 is 12.0 Å². The molecular formula is C16H16N2O5. The summed E-state index contributed by atoms with van der Waals surface area (Å²) in [7, 11) is 0. The molecule has 1 aromatic heterocycles. The van der Waals surface area contributed by atoms with Crippen molar-refractivity contribution in [2.24, 2.45) is 0 Å². The zero-order valence-electron chi connectivity index (χ0n) is 12.3. The monoisotopic (exact) mass is 316 g/mol. The van der Waals surface area contributed by atoms with Gasteiger partial charge >= 0.3 is 5.97 Å². The van der Waals surface area contributed by atoms with Crippen LogP contribution in [-0.2, 0) is 9.53 Å². The molecule has 1 aliphatic rings. The molecular weight excluding hydrogens is 300 g/mol. The third kappa shape index (κ3) is 3.40. The number of carbonyl (C=O) groups excluding carboxylic acids is 1. The summed E-state index contributed by atoms with van der Waals surface area (Å²) in [4.78, 5) is 29.0. The van der Waals surface area contributed by atoms with Gasteiger partial charge in [-0.05, 0) is 12.1 Å². The number of benzene rings is 1. The minimum absolute atomic E-state index is 0.123. The fraction of sp³-hybridized carbons (Fsp3) is 0.312. The van der Waals surface area contributed by atoms with Crippen LogP contribution in [0.5, 0.6) is 0 Å². The van der Waals surface area contributed by atoms with Crippen molar-refractivity contribution in [2.75, 3.05) is 19.8 Å². The standard InChI is InChI=1S/C16H16N2O5/c19-15(20)7-13-9-22-6-5-18(13)16(21)12-3-1-11(2-4-12)14-8-17-10-23-14/h1-4,8,10,13H,5-7,9H2,(H,19,20). The lowest BCUT2D eigenvalue weighted by atomic mass is 10.1. The Labute approximate surface area is 132 Å². The zero-order valence-corrected chi connectivity index (χ0v) is 12.3. The van der Waals surface area contributed by atoms with Crippen molar-refractivity contribution in [3.63, 3.8) is 0 Å². The number of aliphatic carboxylic acids is 1. The van der Waals surface area contributed by atoms with E-state index in [9.17, 15) is 9.59 Å². The van der Waals surface area contributed by atoms with Gasteiger partial charge in [-0.15, -0.1) is 0 Å². The molecule has 120 valence electrons. The Morgan fingerprint density at radius 1 is 1.30 bits per heavy atom. The van der Waals surface area contributed by atoms with Crippen molar-refractivity contribution in [2.45, 2.75) is 12.5 Å². The van der Waals surface area contributed by atoms with E-state index in [1.165, 1.54) is 6.39 Å². The van der Waals surface area contributed by atoms with Crippen LogP contribution < -0.4 is 0 Å². The third-order valence-corrected chi connectivity index (χ3v) is 3.75. The van der Waals surface area contributed by atoms with Gasteiger partial charge < -0.3 is 19.2 Å². The second kappa shape index (κ2) is 6.62. The molecule has 7 heteroatoms. The van der Waals surface area contributed by atoms with Gasteiger partial charge in [0, 0.05) is 17.7 Å². The van der Waals surface area contributed by atoms with Crippen molar-refractivity contribution < 1.29 is 23.8 Å². The average Bonchev–Trinajstić information content (AvgIpc) is 3.09. The average molecular weight is 316 g/mol. The predicted octanol–water partition coefficient (Wildman–Crippen LogP) is 1.66. The smallest absolute Gasteiger partial charge is 0.305 e. The first kappa shape index (κ1) is 15.2. The highest BCUT2D eigenvalue weighted by molar-refractivity contribution is 5.95. The summed E-state index contributed by atoms with van der Waals surface area (Å²) in [5.74, 6) is -0.512. The van der Waals surface area contributed by atoms with Gasteiger partial charge in [-0.25, -0.2) is 4.98 Å². The van der Waals surface area contributed by atoms with Crippen LogP contribution in [0.2, 0.25) is 0 Å². The van der Waals surface area contributed by atoms with E-state index in [0.717, 1.165) is 5.56 Å². The van der Waals surface area contributed by atoms with E-state index in [1.54, 1.807) is 35.4 Å². The molecule has 2 heterocycles. The van der Waals surface area contributed by atoms with Gasteiger partial charge in [0.1, 0.15) is 0 Å². The molecule has 7 nitrogen and oxygen atoms in total. The quantitative estimate of drug-likeness (QED) is 0.922. The van der Waals surface area contributed by atoms with Crippen molar-refractivity contribution in [3.8, 4) is 11.3 Å². The van der Waals surface area contributed by atoms with Crippen LogP contribution in [0.3, 0.4) is 0 Å². The molecule has 0 saturated carbocycles. The SMILES string of the molecule is O=C(O)CC1COCCN1C(=O)c1ccc(-c2cnco2)cc1. The molecule has 2 aromatic rings. The molecule has 1 fully saturated rings. The summed E-state index contributed by atoms with van der Waals surface area (Å²) in [5, 5.41) is 8.97. The minimum atomic E-state index is -0.945. The number of ether oxygens (including phenoxy) is 1. The fourth-order valence-corrected chi connectivity index (χ4v) is 2.59. The van der Waals surface area contributed by atoms with Crippen LogP contribution in [0.4, 0.5) is 0 Å². The van der Waals surface area contributed by atoms with Crippen LogP contribution in [0.15, 0.2) is 41.3 Å². The molecule has 1 aromatic carbocycles. The summed E-state index contributed by atoms with van der Waals surface area (Å²) in [6, 6.07) is 6.52. The zero-order chi connectivity index (χ0) is 16.2. The van der Waals surface area contributed by atoms with Gasteiger partial charge in [-0.1, -0.05) is 12.1 Å². The molecule has 1 N–H and O–H groups in total. The minimum Gasteiger partial charge on any atom is -0.481 e. The molecule has 1 unspecified atom stereocenters. The Hall–Kier alpha value is -2.67. The molecule has 0 radical (unpaired) electrons. The predicted molar refractivity (Wildman–Crippen MR) is 79.8 cm³/mol. The molecule has 0 bridgehead atoms. The fourth-order valence-electron chi connectivity index (χ4n) is 2.59. The van der Waals surface area contributed by atoms with E-state index in [4.69, 9.17) is 14.3 Å². The lowest BCUT2D eigenvalue weighted by Gasteiger charge is -2.34. The summed E-state index contributed by atoms with van der Waals surface area (Å²) in [6.07, 6.45) is 2.82. The van der Waals surface area contributed by atoms with Gasteiger partial charge in [-0.2, -0.15) is 0 Å². The molecule has 0 spiro atoms. The van der Waals surface area contributed by atoms with Crippen LogP contribution in [-0.4, -0.2) is 52.7 Å². The van der Waals surface area contributed by atoms with Crippen molar-refractivity contribution in [1.82, 2.24) is 9.88 Å². The first-order valence-corrected chi connectivity index (χ1v) is 7.24. The van der Waals surface area contributed by atoms with Crippen LogP contribution in [0, 0.1) is 0 Å². The number of oxazole rings is 1. The van der Waals surface area contributed by atoms with Gasteiger partial charge in [0.2, 0.25) is 0 Å². The first-order valence-electron chi connectivity index (χ1n) is 7.24. The number of carbonyl (C=O) groups is 2.